The molecule has 4 aliphatic rings. The minimum absolute atomic E-state index is 0.0709. The van der Waals surface area contributed by atoms with Crippen molar-refractivity contribution < 1.29 is 9.53 Å². The smallest absolute Gasteiger partial charge is 0.240 e. The normalized spacial score (nSPS) is 32.1. The largest absolute Gasteiger partial charge is 0.494 e. The van der Waals surface area contributed by atoms with Crippen LogP contribution in [0.3, 0.4) is 0 Å². The van der Waals surface area contributed by atoms with Crippen molar-refractivity contribution in [2.45, 2.75) is 58.3 Å². The van der Waals surface area contributed by atoms with Crippen molar-refractivity contribution in [1.82, 2.24) is 5.43 Å². The van der Waals surface area contributed by atoms with Crippen molar-refractivity contribution in [2.75, 3.05) is 6.61 Å². The number of amides is 1. The van der Waals surface area contributed by atoms with E-state index >= 15 is 0 Å². The molecule has 0 spiro atoms. The minimum atomic E-state index is 0.0709. The molecule has 26 heavy (non-hydrogen) atoms. The summed E-state index contributed by atoms with van der Waals surface area (Å²) in [6.45, 7) is 2.80. The van der Waals surface area contributed by atoms with Crippen LogP contribution < -0.4 is 10.2 Å². The average molecular weight is 354 g/mol. The van der Waals surface area contributed by atoms with Crippen LogP contribution in [0.1, 0.15) is 63.9 Å². The average Bonchev–Trinajstić information content (AvgIpc) is 2.58. The lowest BCUT2D eigenvalue weighted by atomic mass is 9.49. The maximum Gasteiger partial charge on any atom is 0.240 e. The molecule has 4 fully saturated rings. The molecule has 1 N–H and O–H groups in total. The van der Waals surface area contributed by atoms with Crippen molar-refractivity contribution in [3.8, 4) is 5.75 Å². The summed E-state index contributed by atoms with van der Waals surface area (Å²) in [7, 11) is 0. The van der Waals surface area contributed by atoms with Crippen LogP contribution in [0, 0.1) is 23.2 Å². The standard InChI is InChI=1S/C22H30N2O2/c1-2-6-26-20-5-3-4-16(10-20)15-23-24-21(25)14-22-11-17-7-18(12-22)9-19(8-17)13-22/h3-5,10,15,17-19H,2,6-9,11-14H2,1H3,(H,24,25)/b23-15-. The van der Waals surface area contributed by atoms with Crippen molar-refractivity contribution in [3.63, 3.8) is 0 Å². The first-order valence-corrected chi connectivity index (χ1v) is 10.2. The van der Waals surface area contributed by atoms with Crippen LogP contribution in [0.4, 0.5) is 0 Å². The maximum absolute atomic E-state index is 12.5. The zero-order valence-electron chi connectivity index (χ0n) is 15.7. The lowest BCUT2D eigenvalue weighted by Gasteiger charge is -2.56. The second-order valence-electron chi connectivity index (χ2n) is 8.81. The van der Waals surface area contributed by atoms with Gasteiger partial charge in [0.05, 0.1) is 12.8 Å². The van der Waals surface area contributed by atoms with E-state index in [1.54, 1.807) is 6.21 Å². The van der Waals surface area contributed by atoms with E-state index in [1.165, 1.54) is 38.5 Å². The van der Waals surface area contributed by atoms with Crippen LogP contribution in [-0.2, 0) is 4.79 Å². The highest BCUT2D eigenvalue weighted by Gasteiger charge is 2.51. The lowest BCUT2D eigenvalue weighted by molar-refractivity contribution is -0.129. The summed E-state index contributed by atoms with van der Waals surface area (Å²) in [6, 6.07) is 7.81. The molecular weight excluding hydrogens is 324 g/mol. The molecule has 1 aromatic carbocycles. The van der Waals surface area contributed by atoms with Crippen LogP contribution in [0.15, 0.2) is 29.4 Å². The van der Waals surface area contributed by atoms with Gasteiger partial charge in [-0.2, -0.15) is 5.10 Å². The Bertz CT molecular complexity index is 647. The van der Waals surface area contributed by atoms with Crippen LogP contribution in [0.2, 0.25) is 0 Å². The number of hydrogen-bond acceptors (Lipinski definition) is 3. The molecule has 4 nitrogen and oxygen atoms in total. The number of carbonyl (C=O) groups is 1. The van der Waals surface area contributed by atoms with Gasteiger partial charge in [0.1, 0.15) is 5.75 Å². The fraction of sp³-hybridized carbons (Fsp3) is 0.636. The van der Waals surface area contributed by atoms with Gasteiger partial charge in [-0.3, -0.25) is 4.79 Å². The number of rotatable bonds is 7. The van der Waals surface area contributed by atoms with E-state index in [4.69, 9.17) is 4.74 Å². The summed E-state index contributed by atoms with van der Waals surface area (Å²) < 4.78 is 5.63. The van der Waals surface area contributed by atoms with E-state index in [0.717, 1.165) is 35.5 Å². The van der Waals surface area contributed by atoms with Gasteiger partial charge in [-0.15, -0.1) is 0 Å². The summed E-state index contributed by atoms with van der Waals surface area (Å²) in [5.41, 5.74) is 3.96. The quantitative estimate of drug-likeness (QED) is 0.578. The zero-order chi connectivity index (χ0) is 18.0. The molecule has 0 saturated heterocycles. The Balaban J connectivity index is 1.31. The summed E-state index contributed by atoms with van der Waals surface area (Å²) >= 11 is 0. The minimum Gasteiger partial charge on any atom is -0.494 e. The molecule has 0 aliphatic heterocycles. The first-order chi connectivity index (χ1) is 12.6. The predicted octanol–water partition coefficient (Wildman–Crippen LogP) is 4.53. The third-order valence-corrected chi connectivity index (χ3v) is 6.43. The van der Waals surface area contributed by atoms with Gasteiger partial charge in [-0.05, 0) is 85.8 Å². The van der Waals surface area contributed by atoms with Gasteiger partial charge >= 0.3 is 0 Å². The highest BCUT2D eigenvalue weighted by atomic mass is 16.5. The highest BCUT2D eigenvalue weighted by molar-refractivity contribution is 5.83. The van der Waals surface area contributed by atoms with Gasteiger partial charge < -0.3 is 4.74 Å². The molecule has 4 heteroatoms. The number of nitrogens with one attached hydrogen (secondary N) is 1. The maximum atomic E-state index is 12.5. The van der Waals surface area contributed by atoms with Crippen molar-refractivity contribution in [3.05, 3.63) is 29.8 Å². The number of hydrazone groups is 1. The molecule has 0 radical (unpaired) electrons. The lowest BCUT2D eigenvalue weighted by Crippen LogP contribution is -2.47. The number of ether oxygens (including phenoxy) is 1. The highest BCUT2D eigenvalue weighted by Crippen LogP contribution is 2.61. The Kier molecular flexibility index (Phi) is 5.01. The molecule has 4 bridgehead atoms. The first-order valence-electron chi connectivity index (χ1n) is 10.2. The number of hydrogen-bond donors (Lipinski definition) is 1. The topological polar surface area (TPSA) is 50.7 Å². The molecule has 0 heterocycles. The molecule has 0 atom stereocenters. The fourth-order valence-corrected chi connectivity index (χ4v) is 5.97. The van der Waals surface area contributed by atoms with Gasteiger partial charge in [-0.1, -0.05) is 19.1 Å². The van der Waals surface area contributed by atoms with Crippen LogP contribution >= 0.6 is 0 Å². The van der Waals surface area contributed by atoms with Crippen LogP contribution in [-0.4, -0.2) is 18.7 Å². The van der Waals surface area contributed by atoms with Crippen LogP contribution in [0.25, 0.3) is 0 Å². The molecule has 4 saturated carbocycles. The summed E-state index contributed by atoms with van der Waals surface area (Å²) in [5.74, 6) is 3.55. The Morgan fingerprint density at radius 2 is 1.92 bits per heavy atom. The van der Waals surface area contributed by atoms with E-state index in [0.29, 0.717) is 13.0 Å². The second kappa shape index (κ2) is 7.42. The summed E-state index contributed by atoms with van der Waals surface area (Å²) in [6.07, 6.45) is 11.3. The van der Waals surface area contributed by atoms with E-state index < -0.39 is 0 Å². The van der Waals surface area contributed by atoms with Gasteiger partial charge in [-0.25, -0.2) is 5.43 Å². The molecular formula is C22H30N2O2. The van der Waals surface area contributed by atoms with Crippen molar-refractivity contribution in [2.24, 2.45) is 28.3 Å². The third-order valence-electron chi connectivity index (χ3n) is 6.43. The Morgan fingerprint density at radius 1 is 1.23 bits per heavy atom. The Morgan fingerprint density at radius 3 is 2.58 bits per heavy atom. The molecule has 140 valence electrons. The summed E-state index contributed by atoms with van der Waals surface area (Å²) in [5, 5.41) is 4.18. The van der Waals surface area contributed by atoms with Gasteiger partial charge in [0.25, 0.3) is 0 Å². The molecule has 5 rings (SSSR count). The Hall–Kier alpha value is -1.84. The molecule has 1 aromatic rings. The first kappa shape index (κ1) is 17.6. The predicted molar refractivity (Wildman–Crippen MR) is 103 cm³/mol. The van der Waals surface area contributed by atoms with E-state index in [1.807, 2.05) is 24.3 Å². The molecule has 4 aliphatic carbocycles. The molecule has 0 unspecified atom stereocenters. The van der Waals surface area contributed by atoms with Crippen molar-refractivity contribution in [1.29, 1.82) is 0 Å². The van der Waals surface area contributed by atoms with Crippen molar-refractivity contribution >= 4 is 12.1 Å². The summed E-state index contributed by atoms with van der Waals surface area (Å²) in [4.78, 5) is 12.5. The zero-order valence-corrected chi connectivity index (χ0v) is 15.7. The van der Waals surface area contributed by atoms with Gasteiger partial charge in [0.2, 0.25) is 5.91 Å². The number of nitrogens with zero attached hydrogens (tertiary/aromatic N) is 1. The Labute approximate surface area is 156 Å². The van der Waals surface area contributed by atoms with E-state index in [9.17, 15) is 4.79 Å². The molecule has 1 amide bonds. The van der Waals surface area contributed by atoms with E-state index in [-0.39, 0.29) is 11.3 Å². The van der Waals surface area contributed by atoms with Crippen LogP contribution in [0.5, 0.6) is 5.75 Å². The third kappa shape index (κ3) is 3.94. The van der Waals surface area contributed by atoms with E-state index in [2.05, 4.69) is 17.5 Å². The fourth-order valence-electron chi connectivity index (χ4n) is 5.97. The monoisotopic (exact) mass is 354 g/mol. The molecule has 0 aromatic heterocycles. The number of carbonyl (C=O) groups excluding carboxylic acids is 1. The second-order valence-corrected chi connectivity index (χ2v) is 8.81. The van der Waals surface area contributed by atoms with Gasteiger partial charge in [0, 0.05) is 6.42 Å². The number of benzene rings is 1. The SMILES string of the molecule is CCCOc1cccc(/C=N\NC(=O)CC23CC4CC(CC(C4)C2)C3)c1. The van der Waals surface area contributed by atoms with Gasteiger partial charge in [0.15, 0.2) is 0 Å².